The molecule has 0 aromatic rings. The first kappa shape index (κ1) is 14.8. The largest absolute Gasteiger partial charge is 0.391 e. The van der Waals surface area contributed by atoms with Gasteiger partial charge < -0.3 is 14.9 Å². The Bertz CT molecular complexity index is 330. The van der Waals surface area contributed by atoms with Crippen LogP contribution in [0.25, 0.3) is 0 Å². The second kappa shape index (κ2) is 5.80. The van der Waals surface area contributed by atoms with Crippen LogP contribution in [0, 0.1) is 11.3 Å². The summed E-state index contributed by atoms with van der Waals surface area (Å²) in [5.41, 5.74) is -0.0507. The third-order valence-electron chi connectivity index (χ3n) is 4.93. The normalized spacial score (nSPS) is 31.7. The SMILES string of the molecule is CN1CCC(CCC(=O)N2CCC(C)(C)C(O)C2)C1. The smallest absolute Gasteiger partial charge is 0.222 e. The average Bonchev–Trinajstić information content (AvgIpc) is 2.76. The van der Waals surface area contributed by atoms with Gasteiger partial charge in [0.05, 0.1) is 6.10 Å². The summed E-state index contributed by atoms with van der Waals surface area (Å²) in [6.45, 7) is 7.75. The number of hydrogen-bond donors (Lipinski definition) is 1. The third-order valence-corrected chi connectivity index (χ3v) is 4.93. The Morgan fingerprint density at radius 2 is 2.05 bits per heavy atom. The van der Waals surface area contributed by atoms with Gasteiger partial charge in [0.15, 0.2) is 0 Å². The third kappa shape index (κ3) is 3.69. The Hall–Kier alpha value is -0.610. The zero-order valence-electron chi connectivity index (χ0n) is 12.6. The van der Waals surface area contributed by atoms with Crippen LogP contribution >= 0.6 is 0 Å². The van der Waals surface area contributed by atoms with E-state index in [0.717, 1.165) is 32.5 Å². The van der Waals surface area contributed by atoms with Crippen LogP contribution in [0.5, 0.6) is 0 Å². The Morgan fingerprint density at radius 1 is 1.32 bits per heavy atom. The molecule has 2 aliphatic heterocycles. The molecule has 2 atom stereocenters. The Morgan fingerprint density at radius 3 is 2.63 bits per heavy atom. The van der Waals surface area contributed by atoms with Crippen molar-refractivity contribution >= 4 is 5.91 Å². The van der Waals surface area contributed by atoms with Gasteiger partial charge in [0.2, 0.25) is 5.91 Å². The molecule has 2 fully saturated rings. The fourth-order valence-corrected chi connectivity index (χ4v) is 3.11. The van der Waals surface area contributed by atoms with Gasteiger partial charge in [0.25, 0.3) is 0 Å². The summed E-state index contributed by atoms with van der Waals surface area (Å²) in [5.74, 6) is 0.907. The first-order valence-corrected chi connectivity index (χ1v) is 7.53. The molecule has 0 aliphatic carbocycles. The maximum atomic E-state index is 12.2. The summed E-state index contributed by atoms with van der Waals surface area (Å²) >= 11 is 0. The van der Waals surface area contributed by atoms with Crippen molar-refractivity contribution in [2.24, 2.45) is 11.3 Å². The first-order valence-electron chi connectivity index (χ1n) is 7.53. The van der Waals surface area contributed by atoms with Crippen molar-refractivity contribution in [2.75, 3.05) is 33.2 Å². The van der Waals surface area contributed by atoms with Crippen LogP contribution in [0.4, 0.5) is 0 Å². The maximum absolute atomic E-state index is 12.2. The number of β-amino-alcohol motifs (C(OH)–C–C–N with tert-alkyl or cyclic N) is 1. The molecule has 2 saturated heterocycles. The van der Waals surface area contributed by atoms with E-state index in [2.05, 4.69) is 25.8 Å². The molecule has 0 saturated carbocycles. The van der Waals surface area contributed by atoms with Crippen molar-refractivity contribution in [3.63, 3.8) is 0 Å². The highest BCUT2D eigenvalue weighted by Gasteiger charge is 2.35. The van der Waals surface area contributed by atoms with Crippen LogP contribution in [0.1, 0.15) is 39.5 Å². The van der Waals surface area contributed by atoms with E-state index < -0.39 is 0 Å². The van der Waals surface area contributed by atoms with Crippen LogP contribution < -0.4 is 0 Å². The zero-order chi connectivity index (χ0) is 14.0. The quantitative estimate of drug-likeness (QED) is 0.840. The van der Waals surface area contributed by atoms with Crippen molar-refractivity contribution in [2.45, 2.75) is 45.6 Å². The van der Waals surface area contributed by atoms with Gasteiger partial charge in [-0.3, -0.25) is 4.79 Å². The summed E-state index contributed by atoms with van der Waals surface area (Å²) in [7, 11) is 2.14. The summed E-state index contributed by atoms with van der Waals surface area (Å²) in [5, 5.41) is 10.1. The van der Waals surface area contributed by atoms with E-state index >= 15 is 0 Å². The Labute approximate surface area is 116 Å². The van der Waals surface area contributed by atoms with Crippen LogP contribution in [0.3, 0.4) is 0 Å². The first-order chi connectivity index (χ1) is 8.88. The molecule has 0 spiro atoms. The van der Waals surface area contributed by atoms with E-state index in [4.69, 9.17) is 0 Å². The molecule has 110 valence electrons. The minimum atomic E-state index is -0.386. The van der Waals surface area contributed by atoms with Crippen molar-refractivity contribution < 1.29 is 9.90 Å². The number of likely N-dealkylation sites (tertiary alicyclic amines) is 2. The second-order valence-corrected chi connectivity index (χ2v) is 7.05. The van der Waals surface area contributed by atoms with Crippen molar-refractivity contribution in [3.8, 4) is 0 Å². The van der Waals surface area contributed by atoms with Crippen LogP contribution in [-0.2, 0) is 4.79 Å². The zero-order valence-corrected chi connectivity index (χ0v) is 12.6. The monoisotopic (exact) mass is 268 g/mol. The number of carbonyl (C=O) groups is 1. The van der Waals surface area contributed by atoms with Crippen molar-refractivity contribution in [3.05, 3.63) is 0 Å². The van der Waals surface area contributed by atoms with E-state index in [-0.39, 0.29) is 17.4 Å². The van der Waals surface area contributed by atoms with E-state index in [9.17, 15) is 9.90 Å². The maximum Gasteiger partial charge on any atom is 0.222 e. The van der Waals surface area contributed by atoms with Gasteiger partial charge in [0.1, 0.15) is 0 Å². The molecule has 0 aromatic carbocycles. The number of nitrogens with zero attached hydrogens (tertiary/aromatic N) is 2. The van der Waals surface area contributed by atoms with Gasteiger partial charge in [-0.15, -0.1) is 0 Å². The number of hydrogen-bond acceptors (Lipinski definition) is 3. The summed E-state index contributed by atoms with van der Waals surface area (Å²) in [4.78, 5) is 16.4. The van der Waals surface area contributed by atoms with Gasteiger partial charge in [-0.1, -0.05) is 13.8 Å². The molecular formula is C15H28N2O2. The highest BCUT2D eigenvalue weighted by atomic mass is 16.3. The molecule has 1 amide bonds. The molecule has 4 heteroatoms. The highest BCUT2D eigenvalue weighted by molar-refractivity contribution is 5.76. The molecule has 0 aromatic heterocycles. The van der Waals surface area contributed by atoms with E-state index in [1.54, 1.807) is 0 Å². The molecule has 0 radical (unpaired) electrons. The van der Waals surface area contributed by atoms with Crippen molar-refractivity contribution in [1.82, 2.24) is 9.80 Å². The highest BCUT2D eigenvalue weighted by Crippen LogP contribution is 2.31. The second-order valence-electron chi connectivity index (χ2n) is 7.05. The molecule has 2 heterocycles. The van der Waals surface area contributed by atoms with Gasteiger partial charge in [-0.2, -0.15) is 0 Å². The molecule has 2 rings (SSSR count). The lowest BCUT2D eigenvalue weighted by Gasteiger charge is -2.41. The number of carbonyl (C=O) groups excluding carboxylic acids is 1. The molecule has 0 bridgehead atoms. The minimum Gasteiger partial charge on any atom is -0.391 e. The number of amides is 1. The molecule has 2 unspecified atom stereocenters. The van der Waals surface area contributed by atoms with Gasteiger partial charge in [0, 0.05) is 26.1 Å². The number of aliphatic hydroxyl groups is 1. The predicted molar refractivity (Wildman–Crippen MR) is 75.8 cm³/mol. The predicted octanol–water partition coefficient (Wildman–Crippen LogP) is 1.34. The Balaban J connectivity index is 1.75. The average molecular weight is 268 g/mol. The lowest BCUT2D eigenvalue weighted by atomic mass is 9.80. The molecule has 4 nitrogen and oxygen atoms in total. The van der Waals surface area contributed by atoms with E-state index in [1.165, 1.54) is 6.42 Å². The minimum absolute atomic E-state index is 0.0507. The standard InChI is InChI=1S/C15H28N2O2/c1-15(2)7-9-17(11-13(15)18)14(19)5-4-12-6-8-16(3)10-12/h12-13,18H,4-11H2,1-3H3. The fourth-order valence-electron chi connectivity index (χ4n) is 3.11. The molecular weight excluding hydrogens is 240 g/mol. The van der Waals surface area contributed by atoms with Crippen molar-refractivity contribution in [1.29, 1.82) is 0 Å². The summed E-state index contributed by atoms with van der Waals surface area (Å²) in [6, 6.07) is 0. The topological polar surface area (TPSA) is 43.8 Å². The Kier molecular flexibility index (Phi) is 4.51. The van der Waals surface area contributed by atoms with Crippen LogP contribution in [0.15, 0.2) is 0 Å². The number of aliphatic hydroxyl groups excluding tert-OH is 1. The fraction of sp³-hybridized carbons (Fsp3) is 0.933. The number of rotatable bonds is 3. The van der Waals surface area contributed by atoms with E-state index in [1.807, 2.05) is 4.90 Å². The number of piperidine rings is 1. The van der Waals surface area contributed by atoms with Gasteiger partial charge in [-0.25, -0.2) is 0 Å². The van der Waals surface area contributed by atoms with Crippen LogP contribution in [0.2, 0.25) is 0 Å². The van der Waals surface area contributed by atoms with Gasteiger partial charge in [-0.05, 0) is 44.2 Å². The molecule has 2 aliphatic rings. The van der Waals surface area contributed by atoms with E-state index in [0.29, 0.717) is 18.9 Å². The lowest BCUT2D eigenvalue weighted by molar-refractivity contribution is -0.138. The van der Waals surface area contributed by atoms with Gasteiger partial charge >= 0.3 is 0 Å². The molecule has 1 N–H and O–H groups in total. The summed E-state index contributed by atoms with van der Waals surface area (Å²) < 4.78 is 0. The summed E-state index contributed by atoms with van der Waals surface area (Å²) in [6.07, 6.45) is 3.37. The molecule has 19 heavy (non-hydrogen) atoms. The van der Waals surface area contributed by atoms with Crippen LogP contribution in [-0.4, -0.2) is 60.1 Å². The lowest BCUT2D eigenvalue weighted by Crippen LogP contribution is -2.50.